The van der Waals surface area contributed by atoms with Crippen LogP contribution in [0.2, 0.25) is 0 Å². The molecule has 23 heavy (non-hydrogen) atoms. The van der Waals surface area contributed by atoms with Crippen molar-refractivity contribution in [3.63, 3.8) is 0 Å². The summed E-state index contributed by atoms with van der Waals surface area (Å²) in [7, 11) is 0. The van der Waals surface area contributed by atoms with Crippen molar-refractivity contribution in [2.45, 2.75) is 46.0 Å². The third kappa shape index (κ3) is 4.24. The fourth-order valence-electron chi connectivity index (χ4n) is 2.45. The Kier molecular flexibility index (Phi) is 5.29. The molecule has 0 atom stereocenters. The number of unbranched alkanes of at least 4 members (excludes halogenated alkanes) is 1. The van der Waals surface area contributed by atoms with Gasteiger partial charge in [0.25, 0.3) is 5.91 Å². The maximum absolute atomic E-state index is 12.2. The molecule has 0 saturated carbocycles. The van der Waals surface area contributed by atoms with Crippen LogP contribution in [-0.2, 0) is 15.0 Å². The molecule has 2 amide bonds. The molecule has 5 nitrogen and oxygen atoms in total. The van der Waals surface area contributed by atoms with Gasteiger partial charge in [0.2, 0.25) is 5.91 Å². The first-order valence-corrected chi connectivity index (χ1v) is 8.17. The zero-order chi connectivity index (χ0) is 17.0. The fourth-order valence-corrected chi connectivity index (χ4v) is 2.45. The third-order valence-corrected chi connectivity index (χ3v) is 3.92. The van der Waals surface area contributed by atoms with Crippen molar-refractivity contribution in [1.82, 2.24) is 5.32 Å². The van der Waals surface area contributed by atoms with Crippen LogP contribution >= 0.6 is 0 Å². The molecular formula is C18H26N2O3. The number of rotatable bonds is 5. The summed E-state index contributed by atoms with van der Waals surface area (Å²) in [5.74, 6) is 0.328. The lowest BCUT2D eigenvalue weighted by molar-refractivity contribution is -0.125. The molecule has 0 radical (unpaired) electrons. The molecule has 0 aromatic heterocycles. The zero-order valence-corrected chi connectivity index (χ0v) is 14.4. The SMILES string of the molecule is CCCCNC(=O)CN1C(=O)COc2ccc(C(C)(C)C)cc21. The van der Waals surface area contributed by atoms with Crippen LogP contribution in [0.5, 0.6) is 5.75 Å². The van der Waals surface area contributed by atoms with Gasteiger partial charge in [0.15, 0.2) is 6.61 Å². The molecule has 126 valence electrons. The molecule has 5 heteroatoms. The number of amides is 2. The van der Waals surface area contributed by atoms with Gasteiger partial charge < -0.3 is 10.1 Å². The van der Waals surface area contributed by atoms with E-state index < -0.39 is 0 Å². The lowest BCUT2D eigenvalue weighted by atomic mass is 9.86. The van der Waals surface area contributed by atoms with E-state index in [1.165, 1.54) is 4.90 Å². The summed E-state index contributed by atoms with van der Waals surface area (Å²) in [5.41, 5.74) is 1.75. The second-order valence-electron chi connectivity index (χ2n) is 6.90. The minimum absolute atomic E-state index is 0.0237. The van der Waals surface area contributed by atoms with Crippen LogP contribution in [0, 0.1) is 0 Å². The van der Waals surface area contributed by atoms with Crippen molar-refractivity contribution >= 4 is 17.5 Å². The highest BCUT2D eigenvalue weighted by atomic mass is 16.5. The Morgan fingerprint density at radius 3 is 2.74 bits per heavy atom. The van der Waals surface area contributed by atoms with Crippen molar-refractivity contribution in [2.24, 2.45) is 0 Å². The maximum atomic E-state index is 12.2. The number of carbonyl (C=O) groups excluding carboxylic acids is 2. The second-order valence-corrected chi connectivity index (χ2v) is 6.90. The first-order valence-electron chi connectivity index (χ1n) is 8.17. The average molecular weight is 318 g/mol. The van der Waals surface area contributed by atoms with Gasteiger partial charge in [-0.1, -0.05) is 40.2 Å². The van der Waals surface area contributed by atoms with Crippen molar-refractivity contribution in [2.75, 3.05) is 24.6 Å². The van der Waals surface area contributed by atoms with E-state index in [2.05, 4.69) is 33.0 Å². The quantitative estimate of drug-likeness (QED) is 0.849. The molecule has 0 bridgehead atoms. The number of nitrogens with one attached hydrogen (secondary N) is 1. The van der Waals surface area contributed by atoms with Gasteiger partial charge in [-0.25, -0.2) is 0 Å². The Bertz CT molecular complexity index is 590. The minimum Gasteiger partial charge on any atom is -0.482 e. The summed E-state index contributed by atoms with van der Waals surface area (Å²) in [6.45, 7) is 9.06. The van der Waals surface area contributed by atoms with Crippen LogP contribution in [0.3, 0.4) is 0 Å². The van der Waals surface area contributed by atoms with E-state index in [4.69, 9.17) is 4.74 Å². The summed E-state index contributed by atoms with van der Waals surface area (Å²) >= 11 is 0. The van der Waals surface area contributed by atoms with Gasteiger partial charge in [-0.3, -0.25) is 14.5 Å². The van der Waals surface area contributed by atoms with Crippen LogP contribution < -0.4 is 15.0 Å². The Balaban J connectivity index is 2.21. The average Bonchev–Trinajstić information content (AvgIpc) is 2.49. The minimum atomic E-state index is -0.186. The van der Waals surface area contributed by atoms with Gasteiger partial charge in [0, 0.05) is 6.54 Å². The van der Waals surface area contributed by atoms with Gasteiger partial charge >= 0.3 is 0 Å². The van der Waals surface area contributed by atoms with Crippen LogP contribution in [-0.4, -0.2) is 31.5 Å². The Labute approximate surface area is 138 Å². The van der Waals surface area contributed by atoms with E-state index in [1.54, 1.807) is 0 Å². The molecule has 1 heterocycles. The molecule has 1 N–H and O–H groups in total. The summed E-state index contributed by atoms with van der Waals surface area (Å²) in [5, 5.41) is 2.85. The summed E-state index contributed by atoms with van der Waals surface area (Å²) in [4.78, 5) is 25.8. The van der Waals surface area contributed by atoms with Crippen molar-refractivity contribution in [3.8, 4) is 5.75 Å². The summed E-state index contributed by atoms with van der Waals surface area (Å²) in [6, 6.07) is 5.84. The van der Waals surface area contributed by atoms with Gasteiger partial charge in [-0.2, -0.15) is 0 Å². The topological polar surface area (TPSA) is 58.6 Å². The predicted molar refractivity (Wildman–Crippen MR) is 90.9 cm³/mol. The van der Waals surface area contributed by atoms with Crippen molar-refractivity contribution in [1.29, 1.82) is 0 Å². The van der Waals surface area contributed by atoms with Crippen molar-refractivity contribution < 1.29 is 14.3 Å². The van der Waals surface area contributed by atoms with Crippen LogP contribution in [0.15, 0.2) is 18.2 Å². The highest BCUT2D eigenvalue weighted by Crippen LogP contribution is 2.36. The van der Waals surface area contributed by atoms with Crippen LogP contribution in [0.25, 0.3) is 0 Å². The Morgan fingerprint density at radius 2 is 2.09 bits per heavy atom. The van der Waals surface area contributed by atoms with Gasteiger partial charge in [0.05, 0.1) is 5.69 Å². The van der Waals surface area contributed by atoms with Gasteiger partial charge in [-0.05, 0) is 29.5 Å². The molecular weight excluding hydrogens is 292 g/mol. The number of fused-ring (bicyclic) bond motifs is 1. The Morgan fingerprint density at radius 1 is 1.35 bits per heavy atom. The summed E-state index contributed by atoms with van der Waals surface area (Å²) < 4.78 is 5.49. The first-order chi connectivity index (χ1) is 10.8. The lowest BCUT2D eigenvalue weighted by Gasteiger charge is -2.31. The lowest BCUT2D eigenvalue weighted by Crippen LogP contribution is -2.45. The first kappa shape index (κ1) is 17.3. The smallest absolute Gasteiger partial charge is 0.265 e. The molecule has 0 saturated heterocycles. The molecule has 0 aliphatic carbocycles. The number of benzene rings is 1. The largest absolute Gasteiger partial charge is 0.482 e. The molecule has 0 unspecified atom stereocenters. The van der Waals surface area contributed by atoms with E-state index in [0.29, 0.717) is 18.0 Å². The third-order valence-electron chi connectivity index (χ3n) is 3.92. The fraction of sp³-hybridized carbons (Fsp3) is 0.556. The molecule has 1 aromatic carbocycles. The summed E-state index contributed by atoms with van der Waals surface area (Å²) in [6.07, 6.45) is 1.96. The van der Waals surface area contributed by atoms with E-state index in [9.17, 15) is 9.59 Å². The second kappa shape index (κ2) is 7.02. The molecule has 1 aliphatic heterocycles. The zero-order valence-electron chi connectivity index (χ0n) is 14.4. The van der Waals surface area contributed by atoms with E-state index in [1.807, 2.05) is 18.2 Å². The Hall–Kier alpha value is -2.04. The molecule has 0 fully saturated rings. The maximum Gasteiger partial charge on any atom is 0.265 e. The molecule has 1 aromatic rings. The standard InChI is InChI=1S/C18H26N2O3/c1-5-6-9-19-16(21)11-20-14-10-13(18(2,3)4)7-8-15(14)23-12-17(20)22/h7-8,10H,5-6,9,11-12H2,1-4H3,(H,19,21). The number of ether oxygens (including phenoxy) is 1. The molecule has 2 rings (SSSR count). The van der Waals surface area contributed by atoms with E-state index in [0.717, 1.165) is 18.4 Å². The number of nitrogens with zero attached hydrogens (tertiary/aromatic N) is 1. The monoisotopic (exact) mass is 318 g/mol. The molecule has 0 spiro atoms. The highest BCUT2D eigenvalue weighted by molar-refractivity contribution is 6.02. The number of carbonyl (C=O) groups is 2. The van der Waals surface area contributed by atoms with Crippen LogP contribution in [0.4, 0.5) is 5.69 Å². The number of hydrogen-bond donors (Lipinski definition) is 1. The highest BCUT2D eigenvalue weighted by Gasteiger charge is 2.28. The predicted octanol–water partition coefficient (Wildman–Crippen LogP) is 2.63. The van der Waals surface area contributed by atoms with Crippen LogP contribution in [0.1, 0.15) is 46.1 Å². The molecule has 1 aliphatic rings. The van der Waals surface area contributed by atoms with E-state index in [-0.39, 0.29) is 30.4 Å². The van der Waals surface area contributed by atoms with Crippen molar-refractivity contribution in [3.05, 3.63) is 23.8 Å². The van der Waals surface area contributed by atoms with E-state index >= 15 is 0 Å². The number of hydrogen-bond acceptors (Lipinski definition) is 3. The number of anilines is 1. The van der Waals surface area contributed by atoms with Gasteiger partial charge in [-0.15, -0.1) is 0 Å². The normalized spacial score (nSPS) is 14.3. The van der Waals surface area contributed by atoms with Gasteiger partial charge in [0.1, 0.15) is 12.3 Å².